The monoisotopic (exact) mass is 308 g/mol. The van der Waals surface area contributed by atoms with Gasteiger partial charge in [0.2, 0.25) is 0 Å². The van der Waals surface area contributed by atoms with Crippen LogP contribution in [0.4, 0.5) is 0 Å². The van der Waals surface area contributed by atoms with Gasteiger partial charge in [-0.3, -0.25) is 0 Å². The molecule has 0 aromatic carbocycles. The summed E-state index contributed by atoms with van der Waals surface area (Å²) in [6, 6.07) is 0. The Labute approximate surface area is 140 Å². The second kappa shape index (κ2) is 15.3. The van der Waals surface area contributed by atoms with Gasteiger partial charge in [-0.05, 0) is 19.3 Å². The van der Waals surface area contributed by atoms with Gasteiger partial charge in [0.15, 0.2) is 0 Å². The summed E-state index contributed by atoms with van der Waals surface area (Å²) in [7, 11) is 0. The van der Waals surface area contributed by atoms with Crippen molar-refractivity contribution in [1.29, 1.82) is 5.26 Å². The summed E-state index contributed by atoms with van der Waals surface area (Å²) in [5.74, 6) is 0. The minimum absolute atomic E-state index is 1.37. The molecule has 0 spiro atoms. The first-order chi connectivity index (χ1) is 10.8. The van der Waals surface area contributed by atoms with E-state index in [1.54, 1.807) is 0 Å². The second-order valence-corrected chi connectivity index (χ2v) is 7.13. The lowest BCUT2D eigenvalue weighted by Gasteiger charge is -2.34. The molecule has 1 aliphatic heterocycles. The first-order valence-corrected chi connectivity index (χ1v) is 9.90. The average molecular weight is 309 g/mol. The summed E-state index contributed by atoms with van der Waals surface area (Å²) in [6.45, 7) is 15.3. The maximum atomic E-state index is 6.25. The molecule has 0 aromatic heterocycles. The van der Waals surface area contributed by atoms with Gasteiger partial charge in [-0.2, -0.15) is 0 Å². The van der Waals surface area contributed by atoms with Gasteiger partial charge in [0.05, 0.1) is 26.2 Å². The third-order valence-corrected chi connectivity index (χ3v) is 5.24. The van der Waals surface area contributed by atoms with Crippen LogP contribution in [0, 0.1) is 11.8 Å². The second-order valence-electron chi connectivity index (χ2n) is 7.13. The van der Waals surface area contributed by atoms with E-state index in [2.05, 4.69) is 13.8 Å². The predicted octanol–water partition coefficient (Wildman–Crippen LogP) is 6.02. The Balaban J connectivity index is 0.00000211. The van der Waals surface area contributed by atoms with E-state index in [4.69, 9.17) is 11.8 Å². The fraction of sp³-hybridized carbons (Fsp3) is 0.950. The van der Waals surface area contributed by atoms with Gasteiger partial charge in [-0.25, -0.2) is 0 Å². The first kappa shape index (κ1) is 21.4. The molecule has 1 aliphatic rings. The molecule has 22 heavy (non-hydrogen) atoms. The van der Waals surface area contributed by atoms with E-state index in [0.29, 0.717) is 0 Å². The number of quaternary nitrogens is 1. The van der Waals surface area contributed by atoms with Crippen molar-refractivity contribution in [1.82, 2.24) is 0 Å². The maximum Gasteiger partial charge on any atom is 0.0788 e. The predicted molar refractivity (Wildman–Crippen MR) is 96.1 cm³/mol. The van der Waals surface area contributed by atoms with E-state index in [1.165, 1.54) is 114 Å². The molecule has 1 saturated heterocycles. The zero-order chi connectivity index (χ0) is 16.5. The molecule has 0 bridgehead atoms. The van der Waals surface area contributed by atoms with Crippen molar-refractivity contribution in [2.45, 2.75) is 97.3 Å². The van der Waals surface area contributed by atoms with Crippen molar-refractivity contribution >= 4 is 0 Å². The standard InChI is InChI=1S/C19H40N.CN/c1-3-5-7-8-9-10-11-12-13-17-20(16-6-4-2)18-14-15-19-20;1-2/h3-19H2,1-2H3;/q+1;-1. The Kier molecular flexibility index (Phi) is 15.0. The normalized spacial score (nSPS) is 16.2. The highest BCUT2D eigenvalue weighted by atomic mass is 15.4. The molecule has 1 fully saturated rings. The quantitative estimate of drug-likeness (QED) is 0.232. The highest BCUT2D eigenvalue weighted by molar-refractivity contribution is 4.56. The molecular weight excluding hydrogens is 268 g/mol. The molecule has 0 saturated carbocycles. The fourth-order valence-electron chi connectivity index (χ4n) is 3.82. The summed E-state index contributed by atoms with van der Waals surface area (Å²) in [6.07, 6.45) is 19.0. The molecular formula is C20H40N2. The Morgan fingerprint density at radius 1 is 0.636 bits per heavy atom. The SMILES string of the molecule is CCCCCCCCCCC[N+]1(CCCC)CCCC1.[C-]#N. The summed E-state index contributed by atoms with van der Waals surface area (Å²) in [5, 5.41) is 6.25. The van der Waals surface area contributed by atoms with Crippen LogP contribution in [0.2, 0.25) is 0 Å². The lowest BCUT2D eigenvalue weighted by Crippen LogP contribution is -2.46. The van der Waals surface area contributed by atoms with E-state index in [-0.39, 0.29) is 0 Å². The number of likely N-dealkylation sites (tertiary alicyclic amines) is 1. The summed E-state index contributed by atoms with van der Waals surface area (Å²) in [5.41, 5.74) is 0. The van der Waals surface area contributed by atoms with Crippen molar-refractivity contribution in [3.8, 4) is 0 Å². The number of unbranched alkanes of at least 4 members (excludes halogenated alkanes) is 9. The number of nitrogens with zero attached hydrogens (tertiary/aromatic N) is 2. The van der Waals surface area contributed by atoms with Crippen LogP contribution in [-0.2, 0) is 0 Å². The van der Waals surface area contributed by atoms with Gasteiger partial charge >= 0.3 is 0 Å². The summed E-state index contributed by atoms with van der Waals surface area (Å²) in [4.78, 5) is 0. The number of rotatable bonds is 13. The van der Waals surface area contributed by atoms with Crippen LogP contribution < -0.4 is 0 Å². The van der Waals surface area contributed by atoms with Crippen molar-refractivity contribution < 1.29 is 4.48 Å². The van der Waals surface area contributed by atoms with Crippen LogP contribution >= 0.6 is 0 Å². The molecule has 130 valence electrons. The third kappa shape index (κ3) is 10.2. The molecule has 0 N–H and O–H groups in total. The highest BCUT2D eigenvalue weighted by Crippen LogP contribution is 2.22. The van der Waals surface area contributed by atoms with E-state index in [0.717, 1.165) is 0 Å². The first-order valence-electron chi connectivity index (χ1n) is 9.90. The zero-order valence-electron chi connectivity index (χ0n) is 15.4. The fourth-order valence-corrected chi connectivity index (χ4v) is 3.82. The van der Waals surface area contributed by atoms with E-state index in [9.17, 15) is 0 Å². The Morgan fingerprint density at radius 2 is 1.05 bits per heavy atom. The van der Waals surface area contributed by atoms with Crippen molar-refractivity contribution in [3.05, 3.63) is 6.57 Å². The van der Waals surface area contributed by atoms with E-state index < -0.39 is 0 Å². The molecule has 1 rings (SSSR count). The Morgan fingerprint density at radius 3 is 1.55 bits per heavy atom. The van der Waals surface area contributed by atoms with Crippen molar-refractivity contribution in [3.63, 3.8) is 0 Å². The van der Waals surface area contributed by atoms with Gasteiger partial charge in [0, 0.05) is 12.8 Å². The van der Waals surface area contributed by atoms with Gasteiger partial charge in [0.1, 0.15) is 0 Å². The zero-order valence-corrected chi connectivity index (χ0v) is 15.4. The molecule has 0 aliphatic carbocycles. The number of hydrogen-bond donors (Lipinski definition) is 0. The van der Waals surface area contributed by atoms with Crippen molar-refractivity contribution in [2.75, 3.05) is 26.2 Å². The van der Waals surface area contributed by atoms with E-state index in [1.807, 2.05) is 0 Å². The largest absolute Gasteiger partial charge is 0.512 e. The third-order valence-electron chi connectivity index (χ3n) is 5.24. The molecule has 0 atom stereocenters. The van der Waals surface area contributed by atoms with Crippen LogP contribution in [0.3, 0.4) is 0 Å². The van der Waals surface area contributed by atoms with Crippen LogP contribution in [-0.4, -0.2) is 30.7 Å². The lowest BCUT2D eigenvalue weighted by molar-refractivity contribution is -0.917. The Bertz CT molecular complexity index is 241. The van der Waals surface area contributed by atoms with Gasteiger partial charge in [-0.1, -0.05) is 65.2 Å². The molecule has 1 heterocycles. The lowest BCUT2D eigenvalue weighted by atomic mass is 10.1. The van der Waals surface area contributed by atoms with Gasteiger partial charge in [0.25, 0.3) is 0 Å². The van der Waals surface area contributed by atoms with E-state index >= 15 is 0 Å². The van der Waals surface area contributed by atoms with Gasteiger partial charge < -0.3 is 16.3 Å². The highest BCUT2D eigenvalue weighted by Gasteiger charge is 2.30. The molecule has 2 nitrogen and oxygen atoms in total. The van der Waals surface area contributed by atoms with Crippen LogP contribution in [0.25, 0.3) is 0 Å². The van der Waals surface area contributed by atoms with Crippen LogP contribution in [0.5, 0.6) is 0 Å². The number of hydrogen-bond acceptors (Lipinski definition) is 1. The Hall–Kier alpha value is -0.550. The topological polar surface area (TPSA) is 23.8 Å². The smallest absolute Gasteiger partial charge is 0.0788 e. The molecule has 2 heteroatoms. The van der Waals surface area contributed by atoms with Crippen molar-refractivity contribution in [2.24, 2.45) is 0 Å². The molecule has 0 unspecified atom stereocenters. The maximum absolute atomic E-state index is 6.25. The average Bonchev–Trinajstić information content (AvgIpc) is 3.02. The minimum Gasteiger partial charge on any atom is -0.512 e. The molecule has 0 radical (unpaired) electrons. The molecule has 0 amide bonds. The summed E-state index contributed by atoms with van der Waals surface area (Å²) < 4.78 is 1.48. The van der Waals surface area contributed by atoms with Crippen LogP contribution in [0.15, 0.2) is 0 Å². The van der Waals surface area contributed by atoms with Crippen LogP contribution in [0.1, 0.15) is 97.3 Å². The summed E-state index contributed by atoms with van der Waals surface area (Å²) >= 11 is 0. The molecule has 0 aromatic rings. The minimum atomic E-state index is 1.37. The van der Waals surface area contributed by atoms with Gasteiger partial charge in [-0.15, -0.1) is 0 Å².